The predicted molar refractivity (Wildman–Crippen MR) is 164 cm³/mol. The molecule has 3 aromatic carbocycles. The molecule has 41 heavy (non-hydrogen) atoms. The first-order valence-electron chi connectivity index (χ1n) is 14.4. The second kappa shape index (κ2) is 11.9. The van der Waals surface area contributed by atoms with Crippen molar-refractivity contribution in [3.8, 4) is 0 Å². The molecule has 0 aromatic heterocycles. The predicted octanol–water partition coefficient (Wildman–Crippen LogP) is 6.92. The van der Waals surface area contributed by atoms with E-state index >= 15 is 0 Å². The van der Waals surface area contributed by atoms with Crippen LogP contribution in [0.1, 0.15) is 70.7 Å². The summed E-state index contributed by atoms with van der Waals surface area (Å²) in [4.78, 5) is 43.2. The molecule has 3 aromatic rings. The number of amides is 3. The first kappa shape index (κ1) is 30.1. The van der Waals surface area contributed by atoms with E-state index in [0.717, 1.165) is 33.9 Å². The zero-order valence-corrected chi connectivity index (χ0v) is 25.4. The van der Waals surface area contributed by atoms with Crippen molar-refractivity contribution in [2.75, 3.05) is 5.32 Å². The number of ether oxygens (including phenoxy) is 1. The number of nitrogens with zero attached hydrogens (tertiary/aromatic N) is 1. The van der Waals surface area contributed by atoms with Gasteiger partial charge in [-0.15, -0.1) is 0 Å². The van der Waals surface area contributed by atoms with Crippen LogP contribution in [0.3, 0.4) is 0 Å². The zero-order valence-electron chi connectivity index (χ0n) is 25.4. The highest BCUT2D eigenvalue weighted by Gasteiger charge is 2.49. The van der Waals surface area contributed by atoms with Crippen molar-refractivity contribution in [2.24, 2.45) is 11.8 Å². The van der Waals surface area contributed by atoms with Crippen molar-refractivity contribution in [1.82, 2.24) is 10.2 Å². The molecule has 2 N–H and O–H groups in total. The lowest BCUT2D eigenvalue weighted by molar-refractivity contribution is -0.142. The Kier molecular flexibility index (Phi) is 8.76. The highest BCUT2D eigenvalue weighted by atomic mass is 16.6. The van der Waals surface area contributed by atoms with Gasteiger partial charge in [-0.2, -0.15) is 0 Å². The number of nitrogens with one attached hydrogen (secondary N) is 2. The lowest BCUT2D eigenvalue weighted by Crippen LogP contribution is -2.55. The van der Waals surface area contributed by atoms with Crippen molar-refractivity contribution in [3.63, 3.8) is 0 Å². The third-order valence-corrected chi connectivity index (χ3v) is 7.55. The molecule has 0 heterocycles. The summed E-state index contributed by atoms with van der Waals surface area (Å²) >= 11 is 0. The maximum Gasteiger partial charge on any atom is 0.408 e. The summed E-state index contributed by atoms with van der Waals surface area (Å²) in [5.41, 5.74) is 2.72. The number of alkyl carbamates (subject to hydrolysis) is 1. The Bertz CT molecular complexity index is 1440. The van der Waals surface area contributed by atoms with Gasteiger partial charge in [0, 0.05) is 11.7 Å². The number of carbonyl (C=O) groups is 3. The molecule has 218 valence electrons. The van der Waals surface area contributed by atoms with Crippen LogP contribution in [-0.4, -0.2) is 40.5 Å². The quantitative estimate of drug-likeness (QED) is 0.315. The number of carbonyl (C=O) groups excluding carboxylic acids is 3. The zero-order chi connectivity index (χ0) is 30.1. The molecule has 7 nitrogen and oxygen atoms in total. The Labute approximate surface area is 243 Å². The van der Waals surface area contributed by atoms with Crippen LogP contribution in [0.4, 0.5) is 10.5 Å². The van der Waals surface area contributed by atoms with Gasteiger partial charge in [-0.1, -0.05) is 74.9 Å². The number of hydrogen-bond acceptors (Lipinski definition) is 4. The van der Waals surface area contributed by atoms with E-state index in [2.05, 4.69) is 17.6 Å². The number of fused-ring (bicyclic) bond motifs is 1. The van der Waals surface area contributed by atoms with Gasteiger partial charge in [-0.3, -0.25) is 9.59 Å². The van der Waals surface area contributed by atoms with Gasteiger partial charge < -0.3 is 20.3 Å². The summed E-state index contributed by atoms with van der Waals surface area (Å²) in [7, 11) is 0. The average Bonchev–Trinajstić information content (AvgIpc) is 3.60. The maximum absolute atomic E-state index is 14.4. The third kappa shape index (κ3) is 7.26. The Morgan fingerprint density at radius 3 is 2.20 bits per heavy atom. The second-order valence-corrected chi connectivity index (χ2v) is 12.7. The molecule has 0 saturated heterocycles. The smallest absolute Gasteiger partial charge is 0.408 e. The van der Waals surface area contributed by atoms with Crippen molar-refractivity contribution < 1.29 is 19.1 Å². The van der Waals surface area contributed by atoms with E-state index < -0.39 is 23.8 Å². The number of aryl methyl sites for hydroxylation is 2. The maximum atomic E-state index is 14.4. The van der Waals surface area contributed by atoms with Crippen molar-refractivity contribution in [2.45, 2.75) is 85.5 Å². The van der Waals surface area contributed by atoms with E-state index in [9.17, 15) is 14.4 Å². The summed E-state index contributed by atoms with van der Waals surface area (Å²) < 4.78 is 5.48. The van der Waals surface area contributed by atoms with Crippen molar-refractivity contribution in [1.29, 1.82) is 0 Å². The Hall–Kier alpha value is -3.87. The number of anilines is 1. The van der Waals surface area contributed by atoms with Gasteiger partial charge in [-0.05, 0) is 86.9 Å². The molecule has 1 fully saturated rings. The minimum Gasteiger partial charge on any atom is -0.444 e. The molecule has 4 unspecified atom stereocenters. The SMILES string of the molecule is Cc1ccc(C(C(=O)Nc2ccc3ccccc3c2)N(C(=O)C(NC(=O)OC(C)(C)C)C(C)C)C2CC2C)c(C)c1. The Morgan fingerprint density at radius 1 is 0.951 bits per heavy atom. The largest absolute Gasteiger partial charge is 0.444 e. The van der Waals surface area contributed by atoms with Crippen LogP contribution in [0.15, 0.2) is 60.7 Å². The molecule has 1 aliphatic carbocycles. The molecule has 3 amide bonds. The molecular weight excluding hydrogens is 514 g/mol. The summed E-state index contributed by atoms with van der Waals surface area (Å²) in [5, 5.41) is 8.00. The molecule has 1 aliphatic rings. The Morgan fingerprint density at radius 2 is 1.61 bits per heavy atom. The molecule has 1 saturated carbocycles. The lowest BCUT2D eigenvalue weighted by atomic mass is 9.94. The molecule has 7 heteroatoms. The molecule has 0 spiro atoms. The molecule has 4 atom stereocenters. The van der Waals surface area contributed by atoms with E-state index in [1.165, 1.54) is 0 Å². The Balaban J connectivity index is 1.74. The van der Waals surface area contributed by atoms with E-state index in [0.29, 0.717) is 5.69 Å². The van der Waals surface area contributed by atoms with Crippen molar-refractivity contribution >= 4 is 34.4 Å². The minimum absolute atomic E-state index is 0.128. The van der Waals surface area contributed by atoms with Gasteiger partial charge in [0.15, 0.2) is 0 Å². The van der Waals surface area contributed by atoms with Crippen LogP contribution in [-0.2, 0) is 14.3 Å². The van der Waals surface area contributed by atoms with Crippen LogP contribution in [0, 0.1) is 25.7 Å². The minimum atomic E-state index is -0.883. The summed E-state index contributed by atoms with van der Waals surface area (Å²) in [6.45, 7) is 15.2. The topological polar surface area (TPSA) is 87.7 Å². The van der Waals surface area contributed by atoms with Crippen LogP contribution >= 0.6 is 0 Å². The van der Waals surface area contributed by atoms with Crippen LogP contribution < -0.4 is 10.6 Å². The highest BCUT2D eigenvalue weighted by Crippen LogP contribution is 2.42. The normalized spacial score (nSPS) is 18.0. The second-order valence-electron chi connectivity index (χ2n) is 12.7. The lowest BCUT2D eigenvalue weighted by Gasteiger charge is -2.36. The van der Waals surface area contributed by atoms with Gasteiger partial charge in [0.2, 0.25) is 5.91 Å². The van der Waals surface area contributed by atoms with Crippen LogP contribution in [0.2, 0.25) is 0 Å². The first-order chi connectivity index (χ1) is 19.2. The molecular formula is C34H43N3O4. The summed E-state index contributed by atoms with van der Waals surface area (Å²) in [5.74, 6) is -0.580. The van der Waals surface area contributed by atoms with E-state index in [4.69, 9.17) is 4.74 Å². The van der Waals surface area contributed by atoms with Crippen molar-refractivity contribution in [3.05, 3.63) is 77.4 Å². The fourth-order valence-corrected chi connectivity index (χ4v) is 5.31. The number of benzene rings is 3. The summed E-state index contributed by atoms with van der Waals surface area (Å²) in [6, 6.07) is 17.8. The molecule has 0 aliphatic heterocycles. The number of hydrogen-bond donors (Lipinski definition) is 2. The monoisotopic (exact) mass is 557 g/mol. The van der Waals surface area contributed by atoms with Gasteiger partial charge >= 0.3 is 6.09 Å². The van der Waals surface area contributed by atoms with Gasteiger partial charge in [0.05, 0.1) is 0 Å². The molecule has 4 rings (SSSR count). The van der Waals surface area contributed by atoms with E-state index in [-0.39, 0.29) is 29.7 Å². The van der Waals surface area contributed by atoms with E-state index in [1.54, 1.807) is 25.7 Å². The van der Waals surface area contributed by atoms with Gasteiger partial charge in [-0.25, -0.2) is 4.79 Å². The summed E-state index contributed by atoms with van der Waals surface area (Å²) in [6.07, 6.45) is 0.130. The van der Waals surface area contributed by atoms with Gasteiger partial charge in [0.25, 0.3) is 5.91 Å². The van der Waals surface area contributed by atoms with Crippen LogP contribution in [0.5, 0.6) is 0 Å². The van der Waals surface area contributed by atoms with Gasteiger partial charge in [0.1, 0.15) is 17.7 Å². The van der Waals surface area contributed by atoms with Crippen LogP contribution in [0.25, 0.3) is 10.8 Å². The molecule has 0 radical (unpaired) electrons. The molecule has 0 bridgehead atoms. The number of rotatable bonds is 8. The van der Waals surface area contributed by atoms with E-state index in [1.807, 2.05) is 88.4 Å². The first-order valence-corrected chi connectivity index (χ1v) is 14.4. The average molecular weight is 558 g/mol. The fraction of sp³-hybridized carbons (Fsp3) is 0.441. The standard InChI is InChI=1S/C34H43N3O4/c1-20(2)29(36-33(40)41-34(6,7)8)32(39)37(28-18-23(28)5)30(27-16-13-21(3)17-22(27)4)31(38)35-26-15-14-24-11-9-10-12-25(24)19-26/h9-17,19-20,23,28-30H,18H2,1-8H3,(H,35,38)(H,36,40). The fourth-order valence-electron chi connectivity index (χ4n) is 5.31. The highest BCUT2D eigenvalue weighted by molar-refractivity contribution is 6.01. The third-order valence-electron chi connectivity index (χ3n) is 7.55.